The average molecular weight is 285 g/mol. The molecule has 21 heavy (non-hydrogen) atoms. The van der Waals surface area contributed by atoms with Gasteiger partial charge >= 0.3 is 0 Å². The van der Waals surface area contributed by atoms with Gasteiger partial charge in [-0.25, -0.2) is 0 Å². The zero-order chi connectivity index (χ0) is 14.5. The first-order valence-electron chi connectivity index (χ1n) is 7.67. The van der Waals surface area contributed by atoms with Crippen LogP contribution in [0.3, 0.4) is 0 Å². The highest BCUT2D eigenvalue weighted by atomic mass is 15.5. The summed E-state index contributed by atoms with van der Waals surface area (Å²) in [5.74, 6) is 0.806. The van der Waals surface area contributed by atoms with Crippen molar-refractivity contribution >= 4 is 0 Å². The fourth-order valence-corrected chi connectivity index (χ4v) is 2.90. The molecule has 0 amide bonds. The molecule has 1 aliphatic heterocycles. The molecule has 1 aromatic heterocycles. The second-order valence-corrected chi connectivity index (χ2v) is 5.85. The molecule has 1 fully saturated rings. The van der Waals surface area contributed by atoms with Gasteiger partial charge in [-0.1, -0.05) is 18.2 Å². The normalized spacial score (nSPS) is 16.5. The highest BCUT2D eigenvalue weighted by molar-refractivity contribution is 5.28. The van der Waals surface area contributed by atoms with Crippen LogP contribution in [-0.4, -0.2) is 46.6 Å². The van der Waals surface area contributed by atoms with Gasteiger partial charge in [0.2, 0.25) is 0 Å². The maximum Gasteiger partial charge on any atom is 0.0971 e. The highest BCUT2D eigenvalue weighted by Gasteiger charge is 2.15. The number of piperidine rings is 1. The van der Waals surface area contributed by atoms with E-state index in [9.17, 15) is 0 Å². The Bertz CT molecular complexity index is 545. The van der Waals surface area contributed by atoms with E-state index in [1.54, 1.807) is 4.80 Å². The van der Waals surface area contributed by atoms with Gasteiger partial charge in [0, 0.05) is 13.1 Å². The van der Waals surface area contributed by atoms with E-state index in [0.717, 1.165) is 43.5 Å². The molecule has 2 heterocycles. The first kappa shape index (κ1) is 14.2. The van der Waals surface area contributed by atoms with Gasteiger partial charge in [-0.3, -0.25) is 0 Å². The standard InChI is InChI=1S/C16H23N5/c1-20(12-14-7-9-17-10-8-14)13-15-11-18-21(19-15)16-5-3-2-4-6-16/h2-6,11,14,17H,7-10,12-13H2,1H3. The molecule has 0 bridgehead atoms. The molecule has 1 saturated heterocycles. The van der Waals surface area contributed by atoms with Gasteiger partial charge in [-0.15, -0.1) is 0 Å². The van der Waals surface area contributed by atoms with Crippen molar-refractivity contribution in [2.75, 3.05) is 26.7 Å². The summed E-state index contributed by atoms with van der Waals surface area (Å²) >= 11 is 0. The summed E-state index contributed by atoms with van der Waals surface area (Å²) in [7, 11) is 2.17. The molecule has 0 unspecified atom stereocenters. The fraction of sp³-hybridized carbons (Fsp3) is 0.500. The summed E-state index contributed by atoms with van der Waals surface area (Å²) in [6.07, 6.45) is 4.42. The van der Waals surface area contributed by atoms with E-state index in [1.807, 2.05) is 36.5 Å². The van der Waals surface area contributed by atoms with Gasteiger partial charge in [0.1, 0.15) is 0 Å². The average Bonchev–Trinajstić information content (AvgIpc) is 2.97. The molecule has 0 atom stereocenters. The van der Waals surface area contributed by atoms with Crippen molar-refractivity contribution in [2.24, 2.45) is 5.92 Å². The molecule has 5 nitrogen and oxygen atoms in total. The van der Waals surface area contributed by atoms with E-state index in [4.69, 9.17) is 0 Å². The van der Waals surface area contributed by atoms with Crippen molar-refractivity contribution < 1.29 is 0 Å². The van der Waals surface area contributed by atoms with Crippen LogP contribution in [0.1, 0.15) is 18.5 Å². The number of para-hydroxylation sites is 1. The maximum absolute atomic E-state index is 4.57. The minimum atomic E-state index is 0.806. The Balaban J connectivity index is 1.56. The summed E-state index contributed by atoms with van der Waals surface area (Å²) in [5, 5.41) is 12.3. The first-order valence-corrected chi connectivity index (χ1v) is 7.67. The Hall–Kier alpha value is -1.72. The van der Waals surface area contributed by atoms with Crippen LogP contribution in [0.25, 0.3) is 5.69 Å². The highest BCUT2D eigenvalue weighted by Crippen LogP contribution is 2.14. The van der Waals surface area contributed by atoms with Crippen molar-refractivity contribution in [2.45, 2.75) is 19.4 Å². The quantitative estimate of drug-likeness (QED) is 0.908. The predicted molar refractivity (Wildman–Crippen MR) is 83.3 cm³/mol. The Labute approximate surface area is 126 Å². The van der Waals surface area contributed by atoms with E-state index >= 15 is 0 Å². The molecule has 0 radical (unpaired) electrons. The van der Waals surface area contributed by atoms with Crippen LogP contribution in [0.15, 0.2) is 36.5 Å². The lowest BCUT2D eigenvalue weighted by Gasteiger charge is -2.26. The molecular formula is C16H23N5. The van der Waals surface area contributed by atoms with Crippen LogP contribution in [0, 0.1) is 5.92 Å². The van der Waals surface area contributed by atoms with Gasteiger partial charge in [-0.2, -0.15) is 15.0 Å². The third-order valence-corrected chi connectivity index (χ3v) is 3.99. The van der Waals surface area contributed by atoms with Crippen LogP contribution in [0.5, 0.6) is 0 Å². The topological polar surface area (TPSA) is 46.0 Å². The lowest BCUT2D eigenvalue weighted by atomic mass is 9.98. The van der Waals surface area contributed by atoms with Gasteiger partial charge in [-0.05, 0) is 51.0 Å². The lowest BCUT2D eigenvalue weighted by molar-refractivity contribution is 0.232. The van der Waals surface area contributed by atoms with Gasteiger partial charge in [0.15, 0.2) is 0 Å². The van der Waals surface area contributed by atoms with Crippen LogP contribution >= 0.6 is 0 Å². The van der Waals surface area contributed by atoms with Crippen LogP contribution in [0.2, 0.25) is 0 Å². The molecule has 2 aromatic rings. The number of benzene rings is 1. The van der Waals surface area contributed by atoms with Crippen LogP contribution < -0.4 is 5.32 Å². The van der Waals surface area contributed by atoms with Crippen molar-refractivity contribution in [1.29, 1.82) is 0 Å². The fourth-order valence-electron chi connectivity index (χ4n) is 2.90. The molecular weight excluding hydrogens is 262 g/mol. The van der Waals surface area contributed by atoms with Crippen molar-refractivity contribution in [3.8, 4) is 5.69 Å². The molecule has 112 valence electrons. The number of nitrogens with zero attached hydrogens (tertiary/aromatic N) is 4. The number of hydrogen-bond donors (Lipinski definition) is 1. The molecule has 0 saturated carbocycles. The summed E-state index contributed by atoms with van der Waals surface area (Å²) in [6, 6.07) is 10.0. The third kappa shape index (κ3) is 3.89. The van der Waals surface area contributed by atoms with Crippen molar-refractivity contribution in [1.82, 2.24) is 25.2 Å². The zero-order valence-corrected chi connectivity index (χ0v) is 12.6. The van der Waals surface area contributed by atoms with Crippen molar-refractivity contribution in [3.63, 3.8) is 0 Å². The van der Waals surface area contributed by atoms with E-state index in [-0.39, 0.29) is 0 Å². The van der Waals surface area contributed by atoms with Gasteiger partial charge < -0.3 is 10.2 Å². The van der Waals surface area contributed by atoms with E-state index in [1.165, 1.54) is 12.8 Å². The molecule has 3 rings (SSSR count). The Morgan fingerprint density at radius 3 is 2.76 bits per heavy atom. The summed E-state index contributed by atoms with van der Waals surface area (Å²) in [5.41, 5.74) is 2.03. The van der Waals surface area contributed by atoms with Crippen LogP contribution in [0.4, 0.5) is 0 Å². The number of rotatable bonds is 5. The maximum atomic E-state index is 4.57. The zero-order valence-electron chi connectivity index (χ0n) is 12.6. The minimum absolute atomic E-state index is 0.806. The van der Waals surface area contributed by atoms with E-state index in [2.05, 4.69) is 27.5 Å². The molecule has 0 spiro atoms. The van der Waals surface area contributed by atoms with Gasteiger partial charge in [0.05, 0.1) is 17.6 Å². The SMILES string of the molecule is CN(Cc1cnn(-c2ccccc2)n1)CC1CCNCC1. The molecule has 1 N–H and O–H groups in total. The van der Waals surface area contributed by atoms with Gasteiger partial charge in [0.25, 0.3) is 0 Å². The number of aromatic nitrogens is 3. The summed E-state index contributed by atoms with van der Waals surface area (Å²) < 4.78 is 0. The Morgan fingerprint density at radius 2 is 2.00 bits per heavy atom. The first-order chi connectivity index (χ1) is 10.3. The summed E-state index contributed by atoms with van der Waals surface area (Å²) in [6.45, 7) is 4.31. The molecule has 1 aromatic carbocycles. The number of nitrogens with one attached hydrogen (secondary N) is 1. The summed E-state index contributed by atoms with van der Waals surface area (Å²) in [4.78, 5) is 4.06. The van der Waals surface area contributed by atoms with Crippen LogP contribution in [-0.2, 0) is 6.54 Å². The molecule has 5 heteroatoms. The second kappa shape index (κ2) is 6.83. The monoisotopic (exact) mass is 285 g/mol. The Kier molecular flexibility index (Phi) is 4.62. The predicted octanol–water partition coefficient (Wildman–Crippen LogP) is 1.70. The molecule has 1 aliphatic rings. The van der Waals surface area contributed by atoms with E-state index < -0.39 is 0 Å². The Morgan fingerprint density at radius 1 is 1.24 bits per heavy atom. The van der Waals surface area contributed by atoms with E-state index in [0.29, 0.717) is 0 Å². The lowest BCUT2D eigenvalue weighted by Crippen LogP contribution is -2.34. The largest absolute Gasteiger partial charge is 0.317 e. The smallest absolute Gasteiger partial charge is 0.0971 e. The van der Waals surface area contributed by atoms with Crippen molar-refractivity contribution in [3.05, 3.63) is 42.2 Å². The minimum Gasteiger partial charge on any atom is -0.317 e. The second-order valence-electron chi connectivity index (χ2n) is 5.85. The third-order valence-electron chi connectivity index (χ3n) is 3.99. The molecule has 0 aliphatic carbocycles. The number of hydrogen-bond acceptors (Lipinski definition) is 4.